The van der Waals surface area contributed by atoms with Crippen LogP contribution in [0.4, 0.5) is 18.9 Å². The first-order chi connectivity index (χ1) is 20.7. The number of carbonyl (C=O) groups excluding carboxylic acids is 1. The predicted octanol–water partition coefficient (Wildman–Crippen LogP) is 6.34. The molecule has 8 nitrogen and oxygen atoms in total. The molecule has 0 bridgehead atoms. The number of hydrogen-bond donors (Lipinski definition) is 1. The molecule has 222 valence electrons. The average molecular weight is 625 g/mol. The van der Waals surface area contributed by atoms with Crippen molar-refractivity contribution in [1.82, 2.24) is 20.1 Å². The van der Waals surface area contributed by atoms with E-state index >= 15 is 0 Å². The van der Waals surface area contributed by atoms with E-state index in [1.165, 1.54) is 47.0 Å². The number of para-hydroxylation sites is 1. The van der Waals surface area contributed by atoms with Crippen LogP contribution in [-0.4, -0.2) is 49.6 Å². The Morgan fingerprint density at radius 1 is 1.09 bits per heavy atom. The lowest BCUT2D eigenvalue weighted by Gasteiger charge is -2.19. The number of alkyl halides is 3. The summed E-state index contributed by atoms with van der Waals surface area (Å²) in [5.74, 6) is 0.457. The maximum absolute atomic E-state index is 12.7. The quantitative estimate of drug-likeness (QED) is 0.218. The van der Waals surface area contributed by atoms with Crippen molar-refractivity contribution in [2.24, 2.45) is 4.99 Å². The first-order valence-electron chi connectivity index (χ1n) is 13.5. The summed E-state index contributed by atoms with van der Waals surface area (Å²) >= 11 is 6.85. The molecule has 0 radical (unpaired) electrons. The molecule has 1 aromatic heterocycles. The molecule has 43 heavy (non-hydrogen) atoms. The molecule has 1 amide bonds. The normalized spacial score (nSPS) is 14.4. The summed E-state index contributed by atoms with van der Waals surface area (Å²) in [5.41, 5.74) is 4.30. The van der Waals surface area contributed by atoms with Gasteiger partial charge in [0.2, 0.25) is 5.91 Å². The molecule has 13 heteroatoms. The summed E-state index contributed by atoms with van der Waals surface area (Å²) in [6, 6.07) is 21.0. The highest BCUT2D eigenvalue weighted by molar-refractivity contribution is 8.15. The van der Waals surface area contributed by atoms with Gasteiger partial charge in [-0.3, -0.25) is 9.69 Å². The van der Waals surface area contributed by atoms with Gasteiger partial charge in [0.15, 0.2) is 16.1 Å². The number of aromatic nitrogens is 3. The highest BCUT2D eigenvalue weighted by atomic mass is 32.2. The lowest BCUT2D eigenvalue weighted by atomic mass is 10.1. The van der Waals surface area contributed by atoms with Crippen molar-refractivity contribution in [2.75, 3.05) is 17.2 Å². The molecule has 0 spiro atoms. The Hall–Kier alpha value is -4.23. The van der Waals surface area contributed by atoms with E-state index in [0.717, 1.165) is 35.2 Å². The number of aryl methyl sites for hydroxylation is 1. The van der Waals surface area contributed by atoms with Crippen LogP contribution in [0.1, 0.15) is 24.5 Å². The number of anilines is 1. The Labute approximate surface area is 256 Å². The van der Waals surface area contributed by atoms with Crippen molar-refractivity contribution in [2.45, 2.75) is 32.5 Å². The molecule has 0 saturated carbocycles. The maximum Gasteiger partial charge on any atom is 0.573 e. The van der Waals surface area contributed by atoms with Gasteiger partial charge < -0.3 is 10.1 Å². The third-order valence-corrected chi connectivity index (χ3v) is 7.58. The van der Waals surface area contributed by atoms with Crippen LogP contribution in [0.3, 0.4) is 0 Å². The minimum absolute atomic E-state index is 0.0181. The van der Waals surface area contributed by atoms with Gasteiger partial charge in [0.25, 0.3) is 0 Å². The largest absolute Gasteiger partial charge is 0.573 e. The Morgan fingerprint density at radius 2 is 1.88 bits per heavy atom. The van der Waals surface area contributed by atoms with Crippen LogP contribution in [0.25, 0.3) is 17.1 Å². The fourth-order valence-electron chi connectivity index (χ4n) is 4.52. The number of thioether (sulfide) groups is 1. The molecule has 1 saturated heterocycles. The number of aliphatic imine (C=N–C) groups is 1. The fraction of sp³-hybridized carbons (Fsp3) is 0.233. The average Bonchev–Trinajstić information content (AvgIpc) is 3.61. The molecule has 5 rings (SSSR count). The van der Waals surface area contributed by atoms with Crippen LogP contribution in [0.5, 0.6) is 5.75 Å². The number of ether oxygens (including phenoxy) is 1. The van der Waals surface area contributed by atoms with Gasteiger partial charge in [-0.25, -0.2) is 9.67 Å². The van der Waals surface area contributed by atoms with E-state index < -0.39 is 6.36 Å². The summed E-state index contributed by atoms with van der Waals surface area (Å²) < 4.78 is 42.7. The number of halogens is 3. The summed E-state index contributed by atoms with van der Waals surface area (Å²) in [6.45, 7) is 2.63. The lowest BCUT2D eigenvalue weighted by Crippen LogP contribution is -2.32. The second-order valence-corrected chi connectivity index (χ2v) is 10.9. The van der Waals surface area contributed by atoms with Crippen LogP contribution in [0, 0.1) is 0 Å². The first kappa shape index (κ1) is 30.2. The Bertz CT molecular complexity index is 1640. The monoisotopic (exact) mass is 624 g/mol. The number of benzene rings is 3. The summed E-state index contributed by atoms with van der Waals surface area (Å²) in [5, 5.41) is 8.51. The van der Waals surface area contributed by atoms with Crippen molar-refractivity contribution in [3.63, 3.8) is 0 Å². The smallest absolute Gasteiger partial charge is 0.406 e. The number of carbonyl (C=O) groups is 1. The van der Waals surface area contributed by atoms with E-state index in [9.17, 15) is 18.0 Å². The fourth-order valence-corrected chi connectivity index (χ4v) is 5.63. The third-order valence-electron chi connectivity index (χ3n) is 6.42. The number of nitrogens with one attached hydrogen (secondary N) is 1. The molecule has 1 N–H and O–H groups in total. The van der Waals surface area contributed by atoms with E-state index in [0.29, 0.717) is 40.5 Å². The molecule has 1 fully saturated rings. The second kappa shape index (κ2) is 13.4. The molecule has 0 aliphatic carbocycles. The predicted molar refractivity (Wildman–Crippen MR) is 166 cm³/mol. The van der Waals surface area contributed by atoms with Crippen LogP contribution in [0.15, 0.2) is 84.1 Å². The molecule has 2 heterocycles. The van der Waals surface area contributed by atoms with Gasteiger partial charge in [-0.15, -0.1) is 18.3 Å². The minimum atomic E-state index is -4.75. The van der Waals surface area contributed by atoms with Gasteiger partial charge in [-0.2, -0.15) is 4.99 Å². The van der Waals surface area contributed by atoms with Gasteiger partial charge in [-0.1, -0.05) is 61.5 Å². The topological polar surface area (TPSA) is 84.6 Å². The Balaban J connectivity index is 1.20. The Morgan fingerprint density at radius 3 is 2.65 bits per heavy atom. The maximum atomic E-state index is 12.7. The van der Waals surface area contributed by atoms with Crippen LogP contribution < -0.4 is 15.0 Å². The standard InChI is InChI=1S/C30H27F3N6O2S2/c1-2-6-21-8-3-4-10-25(21)39-26(40)18-43-29(39)36-28(42)34-16-15-20-7-5-9-22(17-20)27-35-19-38(37-27)23-11-13-24(14-12-23)41-30(31,32)33/h3-5,7-14,17,19H,2,6,15-16,18H2,1H3,(H,34,42). The van der Waals surface area contributed by atoms with Crippen LogP contribution in [0.2, 0.25) is 0 Å². The summed E-state index contributed by atoms with van der Waals surface area (Å²) in [7, 11) is 0. The summed E-state index contributed by atoms with van der Waals surface area (Å²) in [4.78, 5) is 23.3. The SMILES string of the molecule is CCCc1ccccc1N1C(=O)CSC1=NC(=S)NCCc1cccc(-c2ncn(-c3ccc(OC(F)(F)F)cc3)n2)c1. The minimum Gasteiger partial charge on any atom is -0.406 e. The van der Waals surface area contributed by atoms with Gasteiger partial charge in [0.1, 0.15) is 12.1 Å². The molecule has 3 aromatic carbocycles. The molecular weight excluding hydrogens is 597 g/mol. The number of rotatable bonds is 9. The number of thiocarbonyl (C=S) groups is 1. The van der Waals surface area contributed by atoms with E-state index in [4.69, 9.17) is 12.2 Å². The molecule has 0 unspecified atom stereocenters. The van der Waals surface area contributed by atoms with Gasteiger partial charge in [-0.05, 0) is 72.6 Å². The number of amidine groups is 1. The molecular formula is C30H27F3N6O2S2. The first-order valence-corrected chi connectivity index (χ1v) is 14.9. The zero-order valence-corrected chi connectivity index (χ0v) is 24.7. The zero-order valence-electron chi connectivity index (χ0n) is 23.0. The van der Waals surface area contributed by atoms with E-state index in [-0.39, 0.29) is 11.7 Å². The van der Waals surface area contributed by atoms with Gasteiger partial charge in [0.05, 0.1) is 17.1 Å². The van der Waals surface area contributed by atoms with E-state index in [1.54, 1.807) is 4.90 Å². The molecule has 4 aromatic rings. The summed E-state index contributed by atoms with van der Waals surface area (Å²) in [6.07, 6.45) is -0.774. The van der Waals surface area contributed by atoms with Crippen molar-refractivity contribution in [3.05, 3.63) is 90.3 Å². The van der Waals surface area contributed by atoms with Crippen LogP contribution in [-0.2, 0) is 17.6 Å². The van der Waals surface area contributed by atoms with Crippen molar-refractivity contribution in [1.29, 1.82) is 0 Å². The lowest BCUT2D eigenvalue weighted by molar-refractivity contribution is -0.274. The van der Waals surface area contributed by atoms with Gasteiger partial charge >= 0.3 is 6.36 Å². The van der Waals surface area contributed by atoms with E-state index in [1.807, 2.05) is 48.5 Å². The Kier molecular flexibility index (Phi) is 9.41. The highest BCUT2D eigenvalue weighted by Crippen LogP contribution is 2.30. The third kappa shape index (κ3) is 7.79. The van der Waals surface area contributed by atoms with Crippen molar-refractivity contribution in [3.8, 4) is 22.8 Å². The van der Waals surface area contributed by atoms with Crippen LogP contribution >= 0.6 is 24.0 Å². The number of nitrogens with zero attached hydrogens (tertiary/aromatic N) is 5. The van der Waals surface area contributed by atoms with Gasteiger partial charge in [0, 0.05) is 12.1 Å². The van der Waals surface area contributed by atoms with E-state index in [2.05, 4.69) is 32.1 Å². The molecule has 0 atom stereocenters. The number of hydrogen-bond acceptors (Lipinski definition) is 6. The van der Waals surface area contributed by atoms with Crippen molar-refractivity contribution >= 4 is 45.9 Å². The van der Waals surface area contributed by atoms with Crippen molar-refractivity contribution < 1.29 is 22.7 Å². The molecule has 1 aliphatic rings. The molecule has 1 aliphatic heterocycles. The second-order valence-electron chi connectivity index (χ2n) is 9.53. The highest BCUT2D eigenvalue weighted by Gasteiger charge is 2.32. The zero-order chi connectivity index (χ0) is 30.4. The number of amides is 1.